The van der Waals surface area contributed by atoms with Gasteiger partial charge in [-0.1, -0.05) is 11.2 Å². The normalized spacial score (nSPS) is 10.3. The molecule has 0 bridgehead atoms. The van der Waals surface area contributed by atoms with Crippen LogP contribution in [0.15, 0.2) is 59.4 Å². The lowest BCUT2D eigenvalue weighted by atomic mass is 10.0. The number of hydrogen-bond donors (Lipinski definition) is 0. The van der Waals surface area contributed by atoms with Gasteiger partial charge in [0, 0.05) is 23.9 Å². The number of nitro groups is 1. The lowest BCUT2D eigenvalue weighted by Gasteiger charge is -2.00. The largest absolute Gasteiger partial charge is 0.363 e. The molecule has 24 heavy (non-hydrogen) atoms. The molecule has 0 unspecified atom stereocenters. The highest BCUT2D eigenvalue weighted by Crippen LogP contribution is 2.18. The van der Waals surface area contributed by atoms with E-state index in [-0.39, 0.29) is 28.2 Å². The van der Waals surface area contributed by atoms with Crippen LogP contribution in [0.4, 0.5) is 5.69 Å². The fourth-order valence-electron chi connectivity index (χ4n) is 2.07. The summed E-state index contributed by atoms with van der Waals surface area (Å²) in [5.74, 6) is -1.07. The van der Waals surface area contributed by atoms with Crippen LogP contribution in [-0.2, 0) is 0 Å². The molecule has 0 N–H and O–H groups in total. The molecule has 0 aliphatic heterocycles. The molecule has 2 aromatic heterocycles. The van der Waals surface area contributed by atoms with Crippen LogP contribution >= 0.6 is 0 Å². The lowest BCUT2D eigenvalue weighted by molar-refractivity contribution is -0.384. The Morgan fingerprint density at radius 3 is 2.42 bits per heavy atom. The zero-order chi connectivity index (χ0) is 17.1. The van der Waals surface area contributed by atoms with Crippen LogP contribution in [0.25, 0.3) is 0 Å². The average molecular weight is 323 g/mol. The van der Waals surface area contributed by atoms with Crippen molar-refractivity contribution in [1.82, 2.24) is 10.1 Å². The quantitative estimate of drug-likeness (QED) is 0.402. The van der Waals surface area contributed by atoms with Gasteiger partial charge in [-0.05, 0) is 24.3 Å². The van der Waals surface area contributed by atoms with Gasteiger partial charge >= 0.3 is 0 Å². The van der Waals surface area contributed by atoms with E-state index in [1.807, 2.05) is 0 Å². The van der Waals surface area contributed by atoms with E-state index in [0.717, 1.165) is 6.26 Å². The first kappa shape index (κ1) is 15.2. The van der Waals surface area contributed by atoms with E-state index in [2.05, 4.69) is 10.1 Å². The maximum absolute atomic E-state index is 12.5. The number of pyridine rings is 1. The number of carbonyl (C=O) groups excluding carboxylic acids is 2. The van der Waals surface area contributed by atoms with Crippen molar-refractivity contribution < 1.29 is 19.0 Å². The standard InChI is InChI=1S/C16H9N3O5/c20-15(10-4-6-11(7-5-10)19(22)23)14-12(9-24-18-14)16(21)13-3-1-2-8-17-13/h1-9H. The molecule has 0 atom stereocenters. The van der Waals surface area contributed by atoms with Crippen LogP contribution in [0.3, 0.4) is 0 Å². The third-order valence-electron chi connectivity index (χ3n) is 3.27. The molecule has 0 saturated carbocycles. The van der Waals surface area contributed by atoms with Gasteiger partial charge in [0.05, 0.1) is 10.5 Å². The van der Waals surface area contributed by atoms with E-state index in [0.29, 0.717) is 0 Å². The van der Waals surface area contributed by atoms with Crippen molar-refractivity contribution in [3.63, 3.8) is 0 Å². The molecule has 0 radical (unpaired) electrons. The fraction of sp³-hybridized carbons (Fsp3) is 0. The van der Waals surface area contributed by atoms with Gasteiger partial charge in [0.15, 0.2) is 5.69 Å². The Kier molecular flexibility index (Phi) is 3.94. The van der Waals surface area contributed by atoms with Gasteiger partial charge in [0.25, 0.3) is 5.69 Å². The molecule has 8 heteroatoms. The molecule has 8 nitrogen and oxygen atoms in total. The first-order valence-corrected chi connectivity index (χ1v) is 6.77. The number of aromatic nitrogens is 2. The molecule has 0 fully saturated rings. The maximum Gasteiger partial charge on any atom is 0.269 e. The number of hydrogen-bond acceptors (Lipinski definition) is 7. The summed E-state index contributed by atoms with van der Waals surface area (Å²) in [6, 6.07) is 9.81. The Hall–Kier alpha value is -3.68. The number of benzene rings is 1. The van der Waals surface area contributed by atoms with E-state index < -0.39 is 16.5 Å². The molecule has 0 aliphatic carbocycles. The molecule has 0 aliphatic rings. The zero-order valence-electron chi connectivity index (χ0n) is 12.1. The molecule has 0 saturated heterocycles. The van der Waals surface area contributed by atoms with Crippen LogP contribution in [0.2, 0.25) is 0 Å². The predicted molar refractivity (Wildman–Crippen MR) is 80.7 cm³/mol. The Morgan fingerprint density at radius 2 is 1.79 bits per heavy atom. The highest BCUT2D eigenvalue weighted by molar-refractivity contribution is 6.17. The fourth-order valence-corrected chi connectivity index (χ4v) is 2.07. The summed E-state index contributed by atoms with van der Waals surface area (Å²) in [4.78, 5) is 38.9. The van der Waals surface area contributed by atoms with Gasteiger partial charge in [-0.2, -0.15) is 0 Å². The molecular weight excluding hydrogens is 314 g/mol. The zero-order valence-corrected chi connectivity index (χ0v) is 12.1. The molecule has 3 rings (SSSR count). The number of nitro benzene ring substituents is 1. The molecule has 3 aromatic rings. The summed E-state index contributed by atoms with van der Waals surface area (Å²) in [5, 5.41) is 14.2. The minimum atomic E-state index is -0.571. The van der Waals surface area contributed by atoms with Crippen molar-refractivity contribution in [1.29, 1.82) is 0 Å². The smallest absolute Gasteiger partial charge is 0.269 e. The summed E-state index contributed by atoms with van der Waals surface area (Å²) >= 11 is 0. The number of non-ortho nitro benzene ring substituents is 1. The van der Waals surface area contributed by atoms with Gasteiger partial charge in [-0.25, -0.2) is 0 Å². The average Bonchev–Trinajstić information content (AvgIpc) is 3.11. The highest BCUT2D eigenvalue weighted by Gasteiger charge is 2.24. The lowest BCUT2D eigenvalue weighted by Crippen LogP contribution is -2.11. The predicted octanol–water partition coefficient (Wildman–Crippen LogP) is 2.44. The van der Waals surface area contributed by atoms with Gasteiger partial charge in [-0.15, -0.1) is 0 Å². The summed E-state index contributed by atoms with van der Waals surface area (Å²) in [6.07, 6.45) is 2.54. The van der Waals surface area contributed by atoms with Crippen LogP contribution in [-0.4, -0.2) is 26.6 Å². The molecule has 2 heterocycles. The Bertz CT molecular complexity index is 916. The van der Waals surface area contributed by atoms with Crippen LogP contribution in [0.1, 0.15) is 32.1 Å². The number of rotatable bonds is 5. The van der Waals surface area contributed by atoms with E-state index in [1.165, 1.54) is 36.5 Å². The third kappa shape index (κ3) is 2.80. The second-order valence-corrected chi connectivity index (χ2v) is 4.75. The van der Waals surface area contributed by atoms with E-state index in [9.17, 15) is 19.7 Å². The first-order valence-electron chi connectivity index (χ1n) is 6.77. The summed E-state index contributed by atoms with van der Waals surface area (Å²) < 4.78 is 4.77. The maximum atomic E-state index is 12.5. The molecule has 0 spiro atoms. The van der Waals surface area contributed by atoms with Crippen molar-refractivity contribution in [2.45, 2.75) is 0 Å². The van der Waals surface area contributed by atoms with Gasteiger partial charge in [0.1, 0.15) is 12.0 Å². The number of carbonyl (C=O) groups is 2. The number of nitrogens with zero attached hydrogens (tertiary/aromatic N) is 3. The van der Waals surface area contributed by atoms with E-state index in [4.69, 9.17) is 4.52 Å². The van der Waals surface area contributed by atoms with Crippen molar-refractivity contribution in [2.75, 3.05) is 0 Å². The van der Waals surface area contributed by atoms with Gasteiger partial charge in [0.2, 0.25) is 11.6 Å². The van der Waals surface area contributed by atoms with E-state index in [1.54, 1.807) is 12.1 Å². The second kappa shape index (κ2) is 6.21. The Morgan fingerprint density at radius 1 is 1.04 bits per heavy atom. The van der Waals surface area contributed by atoms with Crippen LogP contribution in [0.5, 0.6) is 0 Å². The summed E-state index contributed by atoms with van der Waals surface area (Å²) in [5.41, 5.74) is -0.0175. The minimum Gasteiger partial charge on any atom is -0.363 e. The second-order valence-electron chi connectivity index (χ2n) is 4.75. The third-order valence-corrected chi connectivity index (χ3v) is 3.27. The van der Waals surface area contributed by atoms with Gasteiger partial charge in [-0.3, -0.25) is 24.7 Å². The minimum absolute atomic E-state index is 0.0166. The van der Waals surface area contributed by atoms with Crippen LogP contribution < -0.4 is 0 Å². The first-order chi connectivity index (χ1) is 11.6. The highest BCUT2D eigenvalue weighted by atomic mass is 16.6. The number of ketones is 2. The molecule has 0 amide bonds. The van der Waals surface area contributed by atoms with Gasteiger partial charge < -0.3 is 4.52 Å². The SMILES string of the molecule is O=C(c1ccccn1)c1conc1C(=O)c1ccc([N+](=O)[O-])cc1. The van der Waals surface area contributed by atoms with Crippen molar-refractivity contribution >= 4 is 17.3 Å². The molecule has 1 aromatic carbocycles. The Labute approximate surface area is 134 Å². The molecule has 118 valence electrons. The molecular formula is C16H9N3O5. The van der Waals surface area contributed by atoms with E-state index >= 15 is 0 Å². The topological polar surface area (TPSA) is 116 Å². The van der Waals surface area contributed by atoms with Crippen LogP contribution in [0, 0.1) is 10.1 Å². The van der Waals surface area contributed by atoms with Crippen molar-refractivity contribution in [2.24, 2.45) is 0 Å². The Balaban J connectivity index is 1.93. The summed E-state index contributed by atoms with van der Waals surface area (Å²) in [7, 11) is 0. The van der Waals surface area contributed by atoms with Crippen molar-refractivity contribution in [3.8, 4) is 0 Å². The summed E-state index contributed by atoms with van der Waals surface area (Å²) in [6.45, 7) is 0. The van der Waals surface area contributed by atoms with Crippen molar-refractivity contribution in [3.05, 3.63) is 87.6 Å². The monoisotopic (exact) mass is 323 g/mol.